The van der Waals surface area contributed by atoms with Gasteiger partial charge in [-0.15, -0.1) is 0 Å². The fourth-order valence-corrected chi connectivity index (χ4v) is 3.05. The number of amides is 1. The molecule has 6 nitrogen and oxygen atoms in total. The Bertz CT molecular complexity index is 712. The van der Waals surface area contributed by atoms with Crippen LogP contribution in [0.1, 0.15) is 5.56 Å². The molecule has 1 fully saturated rings. The van der Waals surface area contributed by atoms with E-state index < -0.39 is 5.41 Å². The molecule has 0 atom stereocenters. The van der Waals surface area contributed by atoms with Gasteiger partial charge in [-0.3, -0.25) is 9.48 Å². The zero-order chi connectivity index (χ0) is 17.0. The maximum absolute atomic E-state index is 12.7. The summed E-state index contributed by atoms with van der Waals surface area (Å²) < 4.78 is 6.98. The third-order valence-electron chi connectivity index (χ3n) is 4.31. The first-order chi connectivity index (χ1) is 11.6. The van der Waals surface area contributed by atoms with Crippen molar-refractivity contribution in [3.8, 4) is 5.75 Å². The van der Waals surface area contributed by atoms with Gasteiger partial charge in [0.1, 0.15) is 5.75 Å². The molecule has 0 unspecified atom stereocenters. The molecule has 0 aliphatic carbocycles. The number of halogens is 1. The van der Waals surface area contributed by atoms with Gasteiger partial charge in [0.15, 0.2) is 0 Å². The van der Waals surface area contributed by atoms with Crippen LogP contribution in [0, 0.1) is 5.41 Å². The summed E-state index contributed by atoms with van der Waals surface area (Å²) in [6, 6.07) is 7.87. The van der Waals surface area contributed by atoms with Gasteiger partial charge in [0.2, 0.25) is 5.91 Å². The van der Waals surface area contributed by atoms with Crippen molar-refractivity contribution in [2.75, 3.05) is 26.7 Å². The number of nitrogens with one attached hydrogen (secondary N) is 2. The number of hydrogen-bond acceptors (Lipinski definition) is 4. The Kier molecular flexibility index (Phi) is 5.06. The van der Waals surface area contributed by atoms with E-state index >= 15 is 0 Å². The van der Waals surface area contributed by atoms with Crippen molar-refractivity contribution >= 4 is 17.5 Å². The van der Waals surface area contributed by atoms with Crippen molar-refractivity contribution in [3.05, 3.63) is 47.2 Å². The maximum atomic E-state index is 12.7. The van der Waals surface area contributed by atoms with Crippen LogP contribution < -0.4 is 15.4 Å². The molecule has 2 N–H and O–H groups in total. The van der Waals surface area contributed by atoms with E-state index in [0.29, 0.717) is 37.6 Å². The van der Waals surface area contributed by atoms with Crippen LogP contribution in [0.2, 0.25) is 5.02 Å². The standard InChI is InChI=1S/C17H21ClN4O2/c1-24-15-4-2-3-13(7-15)8-17(11-19-12-17)16(23)20-5-6-22-10-14(18)9-21-22/h2-4,7,9-10,19H,5-6,8,11-12H2,1H3,(H,20,23). The lowest BCUT2D eigenvalue weighted by atomic mass is 9.75. The lowest BCUT2D eigenvalue weighted by Crippen LogP contribution is -2.62. The summed E-state index contributed by atoms with van der Waals surface area (Å²) in [6.45, 7) is 2.49. The van der Waals surface area contributed by atoms with Crippen LogP contribution in [0.4, 0.5) is 0 Å². The lowest BCUT2D eigenvalue weighted by molar-refractivity contribution is -0.133. The monoisotopic (exact) mass is 348 g/mol. The van der Waals surface area contributed by atoms with Gasteiger partial charge in [-0.05, 0) is 24.1 Å². The van der Waals surface area contributed by atoms with Crippen molar-refractivity contribution in [2.24, 2.45) is 5.41 Å². The first-order valence-corrected chi connectivity index (χ1v) is 8.29. The van der Waals surface area contributed by atoms with E-state index in [4.69, 9.17) is 16.3 Å². The average Bonchev–Trinajstić information content (AvgIpc) is 2.96. The van der Waals surface area contributed by atoms with Crippen molar-refractivity contribution in [1.29, 1.82) is 0 Å². The summed E-state index contributed by atoms with van der Waals surface area (Å²) in [7, 11) is 1.65. The van der Waals surface area contributed by atoms with Crippen LogP contribution in [-0.4, -0.2) is 42.4 Å². The molecule has 2 heterocycles. The van der Waals surface area contributed by atoms with Gasteiger partial charge in [-0.25, -0.2) is 0 Å². The second kappa shape index (κ2) is 7.23. The Morgan fingerprint density at radius 3 is 2.96 bits per heavy atom. The number of rotatable bonds is 7. The SMILES string of the molecule is COc1cccc(CC2(C(=O)NCCn3cc(Cl)cn3)CNC2)c1. The molecular formula is C17H21ClN4O2. The Labute approximate surface area is 146 Å². The molecule has 128 valence electrons. The summed E-state index contributed by atoms with van der Waals surface area (Å²) in [5.74, 6) is 0.883. The van der Waals surface area contributed by atoms with Gasteiger partial charge in [-0.2, -0.15) is 5.10 Å². The first kappa shape index (κ1) is 16.8. The predicted molar refractivity (Wildman–Crippen MR) is 92.2 cm³/mol. The van der Waals surface area contributed by atoms with Crippen molar-refractivity contribution in [3.63, 3.8) is 0 Å². The molecule has 1 aliphatic heterocycles. The van der Waals surface area contributed by atoms with E-state index in [2.05, 4.69) is 15.7 Å². The summed E-state index contributed by atoms with van der Waals surface area (Å²) in [5, 5.41) is 10.9. The molecule has 24 heavy (non-hydrogen) atoms. The normalized spacial score (nSPS) is 15.6. The molecule has 1 aromatic carbocycles. The Morgan fingerprint density at radius 2 is 2.33 bits per heavy atom. The number of ether oxygens (including phenoxy) is 1. The fraction of sp³-hybridized carbons (Fsp3) is 0.412. The van der Waals surface area contributed by atoms with Crippen LogP contribution in [-0.2, 0) is 17.8 Å². The van der Waals surface area contributed by atoms with Crippen LogP contribution in [0.3, 0.4) is 0 Å². The molecule has 0 bridgehead atoms. The summed E-state index contributed by atoms with van der Waals surface area (Å²) >= 11 is 5.83. The van der Waals surface area contributed by atoms with Gasteiger partial charge in [0, 0.05) is 25.8 Å². The van der Waals surface area contributed by atoms with Gasteiger partial charge >= 0.3 is 0 Å². The van der Waals surface area contributed by atoms with E-state index in [1.807, 2.05) is 24.3 Å². The van der Waals surface area contributed by atoms with E-state index in [0.717, 1.165) is 11.3 Å². The topological polar surface area (TPSA) is 68.2 Å². The Hall–Kier alpha value is -2.05. The highest BCUT2D eigenvalue weighted by Crippen LogP contribution is 2.29. The van der Waals surface area contributed by atoms with Crippen LogP contribution >= 0.6 is 11.6 Å². The summed E-state index contributed by atoms with van der Waals surface area (Å²) in [5.41, 5.74) is 0.707. The number of nitrogens with zero attached hydrogens (tertiary/aromatic N) is 2. The highest BCUT2D eigenvalue weighted by molar-refractivity contribution is 6.30. The largest absolute Gasteiger partial charge is 0.497 e. The number of carbonyl (C=O) groups excluding carboxylic acids is 1. The fourth-order valence-electron chi connectivity index (χ4n) is 2.90. The van der Waals surface area contributed by atoms with Crippen LogP contribution in [0.25, 0.3) is 0 Å². The van der Waals surface area contributed by atoms with E-state index in [1.165, 1.54) is 0 Å². The van der Waals surface area contributed by atoms with Crippen LogP contribution in [0.5, 0.6) is 5.75 Å². The highest BCUT2D eigenvalue weighted by atomic mass is 35.5. The number of hydrogen-bond donors (Lipinski definition) is 2. The minimum atomic E-state index is -0.395. The Morgan fingerprint density at radius 1 is 1.50 bits per heavy atom. The van der Waals surface area contributed by atoms with Gasteiger partial charge < -0.3 is 15.4 Å². The van der Waals surface area contributed by atoms with Gasteiger partial charge in [0.25, 0.3) is 0 Å². The third kappa shape index (κ3) is 3.71. The van der Waals surface area contributed by atoms with Gasteiger partial charge in [0.05, 0.1) is 30.3 Å². The van der Waals surface area contributed by atoms with Crippen molar-refractivity contribution < 1.29 is 9.53 Å². The molecule has 0 radical (unpaired) electrons. The number of aromatic nitrogens is 2. The average molecular weight is 349 g/mol. The Balaban J connectivity index is 1.58. The molecule has 1 amide bonds. The quantitative estimate of drug-likeness (QED) is 0.795. The number of benzene rings is 1. The number of methoxy groups -OCH3 is 1. The number of carbonyl (C=O) groups is 1. The molecule has 1 aliphatic rings. The van der Waals surface area contributed by atoms with E-state index in [9.17, 15) is 4.79 Å². The van der Waals surface area contributed by atoms with E-state index in [-0.39, 0.29) is 5.91 Å². The second-order valence-corrected chi connectivity index (χ2v) is 6.53. The molecule has 3 rings (SSSR count). The molecular weight excluding hydrogens is 328 g/mol. The molecule has 1 saturated heterocycles. The minimum absolute atomic E-state index is 0.0716. The zero-order valence-corrected chi connectivity index (χ0v) is 14.3. The van der Waals surface area contributed by atoms with Gasteiger partial charge in [-0.1, -0.05) is 23.7 Å². The maximum Gasteiger partial charge on any atom is 0.229 e. The highest BCUT2D eigenvalue weighted by Gasteiger charge is 2.44. The lowest BCUT2D eigenvalue weighted by Gasteiger charge is -2.41. The summed E-state index contributed by atoms with van der Waals surface area (Å²) in [4.78, 5) is 12.7. The second-order valence-electron chi connectivity index (χ2n) is 6.09. The van der Waals surface area contributed by atoms with Crippen molar-refractivity contribution in [2.45, 2.75) is 13.0 Å². The zero-order valence-electron chi connectivity index (χ0n) is 13.6. The third-order valence-corrected chi connectivity index (χ3v) is 4.51. The molecule has 1 aromatic heterocycles. The smallest absolute Gasteiger partial charge is 0.229 e. The summed E-state index contributed by atoms with van der Waals surface area (Å²) in [6.07, 6.45) is 4.02. The van der Waals surface area contributed by atoms with Crippen molar-refractivity contribution in [1.82, 2.24) is 20.4 Å². The molecule has 7 heteroatoms. The first-order valence-electron chi connectivity index (χ1n) is 7.91. The van der Waals surface area contributed by atoms with Crippen LogP contribution in [0.15, 0.2) is 36.7 Å². The minimum Gasteiger partial charge on any atom is -0.497 e. The molecule has 0 saturated carbocycles. The van der Waals surface area contributed by atoms with E-state index in [1.54, 1.807) is 24.2 Å². The predicted octanol–water partition coefficient (Wildman–Crippen LogP) is 1.49. The molecule has 2 aromatic rings. The molecule has 0 spiro atoms.